The lowest BCUT2D eigenvalue weighted by atomic mass is 9.94. The summed E-state index contributed by atoms with van der Waals surface area (Å²) in [5.74, 6) is 0. The normalized spacial score (nSPS) is 14.3. The molecule has 0 spiro atoms. The summed E-state index contributed by atoms with van der Waals surface area (Å²) in [6, 6.07) is 10.4. The molecule has 1 unspecified atom stereocenters. The monoisotopic (exact) mass is 297 g/mol. The third-order valence-corrected chi connectivity index (χ3v) is 6.83. The molecule has 20 heavy (non-hydrogen) atoms. The minimum absolute atomic E-state index is 0.0395. The Morgan fingerprint density at radius 3 is 1.95 bits per heavy atom. The van der Waals surface area contributed by atoms with Crippen LogP contribution >= 0.6 is 0 Å². The largest absolute Gasteiger partial charge is 0.518 e. The minimum atomic E-state index is -2.70. The van der Waals surface area contributed by atoms with Crippen molar-refractivity contribution in [3.8, 4) is 0 Å². The summed E-state index contributed by atoms with van der Waals surface area (Å²) in [4.78, 5) is 0. The molecule has 1 atom stereocenters. The molecule has 4 nitrogen and oxygen atoms in total. The molecule has 0 aliphatic heterocycles. The van der Waals surface area contributed by atoms with Gasteiger partial charge in [-0.25, -0.2) is 0 Å². The molecule has 0 aromatic heterocycles. The molecule has 0 fully saturated rings. The van der Waals surface area contributed by atoms with Crippen LogP contribution in [-0.4, -0.2) is 35.8 Å². The van der Waals surface area contributed by atoms with Gasteiger partial charge in [0.25, 0.3) is 0 Å². The third kappa shape index (κ3) is 3.68. The first-order valence-electron chi connectivity index (χ1n) is 6.94. The lowest BCUT2D eigenvalue weighted by Gasteiger charge is -2.38. The van der Waals surface area contributed by atoms with Crippen molar-refractivity contribution in [1.82, 2.24) is 5.32 Å². The van der Waals surface area contributed by atoms with Crippen LogP contribution < -0.4 is 5.32 Å². The molecule has 0 saturated heterocycles. The fourth-order valence-electron chi connectivity index (χ4n) is 2.49. The highest BCUT2D eigenvalue weighted by atomic mass is 28.4. The Labute approximate surface area is 123 Å². The molecule has 0 bridgehead atoms. The summed E-state index contributed by atoms with van der Waals surface area (Å²) in [6.45, 7) is 6.42. The van der Waals surface area contributed by atoms with Gasteiger partial charge in [-0.3, -0.25) is 0 Å². The van der Waals surface area contributed by atoms with E-state index in [-0.39, 0.29) is 11.2 Å². The summed E-state index contributed by atoms with van der Waals surface area (Å²) in [5.41, 5.74) is 1.08. The highest BCUT2D eigenvalue weighted by molar-refractivity contribution is 6.62. The zero-order valence-electron chi connectivity index (χ0n) is 13.4. The Hall–Kier alpha value is -0.723. The number of benzene rings is 1. The van der Waals surface area contributed by atoms with Crippen LogP contribution in [0.25, 0.3) is 0 Å². The Morgan fingerprint density at radius 2 is 1.55 bits per heavy atom. The van der Waals surface area contributed by atoms with Crippen molar-refractivity contribution in [2.45, 2.75) is 38.4 Å². The van der Waals surface area contributed by atoms with Crippen LogP contribution in [0.2, 0.25) is 0 Å². The molecule has 114 valence electrons. The molecule has 0 aliphatic carbocycles. The van der Waals surface area contributed by atoms with Crippen LogP contribution in [-0.2, 0) is 18.8 Å². The first-order valence-corrected chi connectivity index (χ1v) is 8.74. The van der Waals surface area contributed by atoms with Gasteiger partial charge in [0.15, 0.2) is 0 Å². The van der Waals surface area contributed by atoms with E-state index in [4.69, 9.17) is 13.3 Å². The highest BCUT2D eigenvalue weighted by Gasteiger charge is 2.48. The third-order valence-electron chi connectivity index (χ3n) is 3.72. The molecule has 0 aliphatic rings. The second-order valence-electron chi connectivity index (χ2n) is 5.31. The summed E-state index contributed by atoms with van der Waals surface area (Å²) >= 11 is 0. The minimum Gasteiger partial charge on any atom is -0.376 e. The topological polar surface area (TPSA) is 39.7 Å². The van der Waals surface area contributed by atoms with E-state index in [0.29, 0.717) is 0 Å². The van der Waals surface area contributed by atoms with E-state index in [9.17, 15) is 0 Å². The van der Waals surface area contributed by atoms with E-state index >= 15 is 0 Å². The quantitative estimate of drug-likeness (QED) is 0.749. The number of hydrogen-bond donors (Lipinski definition) is 1. The van der Waals surface area contributed by atoms with Gasteiger partial charge in [-0.15, -0.1) is 0 Å². The van der Waals surface area contributed by atoms with Crippen LogP contribution in [0.15, 0.2) is 30.3 Å². The first kappa shape index (κ1) is 17.3. The van der Waals surface area contributed by atoms with E-state index < -0.39 is 8.80 Å². The molecule has 0 amide bonds. The van der Waals surface area contributed by atoms with Gasteiger partial charge in [-0.1, -0.05) is 37.3 Å². The van der Waals surface area contributed by atoms with Crippen LogP contribution in [0.4, 0.5) is 0 Å². The lowest BCUT2D eigenvalue weighted by molar-refractivity contribution is 0.0999. The van der Waals surface area contributed by atoms with E-state index in [1.54, 1.807) is 21.3 Å². The van der Waals surface area contributed by atoms with Gasteiger partial charge in [0.05, 0.1) is 5.67 Å². The van der Waals surface area contributed by atoms with Crippen molar-refractivity contribution in [3.05, 3.63) is 35.9 Å². The van der Waals surface area contributed by atoms with Gasteiger partial charge in [0.2, 0.25) is 0 Å². The van der Waals surface area contributed by atoms with Crippen molar-refractivity contribution < 1.29 is 13.3 Å². The Balaban J connectivity index is 2.98. The van der Waals surface area contributed by atoms with Crippen molar-refractivity contribution in [2.24, 2.45) is 0 Å². The van der Waals surface area contributed by atoms with Crippen molar-refractivity contribution in [3.63, 3.8) is 0 Å². The van der Waals surface area contributed by atoms with Crippen molar-refractivity contribution in [1.29, 1.82) is 0 Å². The molecule has 1 rings (SSSR count). The van der Waals surface area contributed by atoms with Crippen LogP contribution in [0, 0.1) is 0 Å². The van der Waals surface area contributed by atoms with Gasteiger partial charge in [-0.05, 0) is 25.8 Å². The van der Waals surface area contributed by atoms with Crippen molar-refractivity contribution >= 4 is 8.80 Å². The average Bonchev–Trinajstić information content (AvgIpc) is 2.49. The molecule has 1 aromatic rings. The summed E-state index contributed by atoms with van der Waals surface area (Å²) in [5, 5.41) is 3.64. The zero-order valence-corrected chi connectivity index (χ0v) is 14.4. The molecule has 1 aromatic carbocycles. The number of rotatable bonds is 8. The predicted octanol–water partition coefficient (Wildman–Crippen LogP) is 2.71. The van der Waals surface area contributed by atoms with Crippen LogP contribution in [0.1, 0.15) is 32.8 Å². The average molecular weight is 297 g/mol. The molecule has 1 N–H and O–H groups in total. The standard InChI is InChI=1S/C15H27NO3Si/c1-7-14(20(17-4,18-5)19-6)16-15(2,3)13-11-9-8-10-12-13/h8-12,14,16H,7H2,1-6H3. The fourth-order valence-corrected chi connectivity index (χ4v) is 4.88. The first-order chi connectivity index (χ1) is 9.45. The molecule has 0 radical (unpaired) electrons. The molecule has 0 saturated carbocycles. The number of hydrogen-bond acceptors (Lipinski definition) is 4. The van der Waals surface area contributed by atoms with E-state index in [1.165, 1.54) is 5.56 Å². The lowest BCUT2D eigenvalue weighted by Crippen LogP contribution is -2.63. The summed E-state index contributed by atoms with van der Waals surface area (Å²) in [6.07, 6.45) is 0.873. The second kappa shape index (κ2) is 7.33. The predicted molar refractivity (Wildman–Crippen MR) is 83.5 cm³/mol. The summed E-state index contributed by atoms with van der Waals surface area (Å²) < 4.78 is 16.8. The van der Waals surface area contributed by atoms with E-state index in [0.717, 1.165) is 6.42 Å². The maximum Gasteiger partial charge on any atom is 0.518 e. The zero-order chi connectivity index (χ0) is 15.2. The molecular weight excluding hydrogens is 270 g/mol. The Bertz CT molecular complexity index is 385. The van der Waals surface area contributed by atoms with Gasteiger partial charge in [-0.2, -0.15) is 0 Å². The van der Waals surface area contributed by atoms with Gasteiger partial charge >= 0.3 is 8.80 Å². The molecule has 5 heteroatoms. The maximum atomic E-state index is 5.60. The van der Waals surface area contributed by atoms with Crippen LogP contribution in [0.5, 0.6) is 0 Å². The fraction of sp³-hybridized carbons (Fsp3) is 0.600. The van der Waals surface area contributed by atoms with Crippen LogP contribution in [0.3, 0.4) is 0 Å². The van der Waals surface area contributed by atoms with Gasteiger partial charge < -0.3 is 18.6 Å². The van der Waals surface area contributed by atoms with Gasteiger partial charge in [0, 0.05) is 26.9 Å². The molecule has 0 heterocycles. The van der Waals surface area contributed by atoms with E-state index in [1.807, 2.05) is 18.2 Å². The summed E-state index contributed by atoms with van der Waals surface area (Å²) in [7, 11) is 2.25. The Kier molecular flexibility index (Phi) is 6.35. The number of nitrogens with one attached hydrogen (secondary N) is 1. The second-order valence-corrected chi connectivity index (χ2v) is 8.44. The smallest absolute Gasteiger partial charge is 0.376 e. The molecular formula is C15H27NO3Si. The maximum absolute atomic E-state index is 5.60. The highest BCUT2D eigenvalue weighted by Crippen LogP contribution is 2.24. The van der Waals surface area contributed by atoms with Crippen molar-refractivity contribution in [2.75, 3.05) is 21.3 Å². The van der Waals surface area contributed by atoms with E-state index in [2.05, 4.69) is 38.2 Å². The van der Waals surface area contributed by atoms with Gasteiger partial charge in [0.1, 0.15) is 0 Å². The SMILES string of the molecule is CCC(NC(C)(C)c1ccccc1)[Si](OC)(OC)OC. The Morgan fingerprint density at radius 1 is 1.05 bits per heavy atom.